The van der Waals surface area contributed by atoms with Crippen LogP contribution in [0.15, 0.2) is 0 Å². The van der Waals surface area contributed by atoms with Gasteiger partial charge < -0.3 is 14.7 Å². The summed E-state index contributed by atoms with van der Waals surface area (Å²) in [6.07, 6.45) is 2.70. The van der Waals surface area contributed by atoms with Gasteiger partial charge in [0.2, 0.25) is 17.7 Å². The molecule has 2 heterocycles. The van der Waals surface area contributed by atoms with E-state index in [0.29, 0.717) is 45.6 Å². The molecule has 124 valence electrons. The second-order valence-corrected chi connectivity index (χ2v) is 6.20. The summed E-state index contributed by atoms with van der Waals surface area (Å²) < 4.78 is 0. The van der Waals surface area contributed by atoms with Gasteiger partial charge in [0.1, 0.15) is 0 Å². The highest BCUT2D eigenvalue weighted by atomic mass is 16.2. The summed E-state index contributed by atoms with van der Waals surface area (Å²) in [5.74, 6) is 0.156. The van der Waals surface area contributed by atoms with Crippen LogP contribution < -0.4 is 0 Å². The van der Waals surface area contributed by atoms with Gasteiger partial charge in [0.15, 0.2) is 0 Å². The molecule has 0 aromatic carbocycles. The third kappa shape index (κ3) is 3.78. The Hall–Kier alpha value is -1.59. The van der Waals surface area contributed by atoms with Gasteiger partial charge in [-0.15, -0.1) is 0 Å². The first kappa shape index (κ1) is 16.8. The molecular formula is C16H27N3O3. The van der Waals surface area contributed by atoms with E-state index in [2.05, 4.69) is 0 Å². The minimum Gasteiger partial charge on any atom is -0.342 e. The van der Waals surface area contributed by atoms with Crippen molar-refractivity contribution in [2.24, 2.45) is 5.92 Å². The standard InChI is InChI=1S/C16H27N3O3/c1-3-5-14(20)17-7-9-18(10-8-17)16(22)13-11-15(21)19(12-13)6-4-2/h13H,3-12H2,1-2H3. The number of hydrogen-bond donors (Lipinski definition) is 0. The Morgan fingerprint density at radius 3 is 2.27 bits per heavy atom. The number of carbonyl (C=O) groups excluding carboxylic acids is 3. The largest absolute Gasteiger partial charge is 0.342 e. The molecule has 0 spiro atoms. The molecular weight excluding hydrogens is 282 g/mol. The molecule has 22 heavy (non-hydrogen) atoms. The van der Waals surface area contributed by atoms with Crippen molar-refractivity contribution in [2.45, 2.75) is 39.5 Å². The summed E-state index contributed by atoms with van der Waals surface area (Å²) in [5.41, 5.74) is 0. The SMILES string of the molecule is CCCC(=O)N1CCN(C(=O)C2CC(=O)N(CCC)C2)CC1. The fraction of sp³-hybridized carbons (Fsp3) is 0.812. The van der Waals surface area contributed by atoms with Gasteiger partial charge >= 0.3 is 0 Å². The summed E-state index contributed by atoms with van der Waals surface area (Å²) in [5, 5.41) is 0. The van der Waals surface area contributed by atoms with Crippen molar-refractivity contribution in [1.82, 2.24) is 14.7 Å². The van der Waals surface area contributed by atoms with Gasteiger partial charge in [-0.3, -0.25) is 14.4 Å². The molecule has 0 bridgehead atoms. The highest BCUT2D eigenvalue weighted by molar-refractivity contribution is 5.89. The van der Waals surface area contributed by atoms with Crippen molar-refractivity contribution in [3.63, 3.8) is 0 Å². The molecule has 6 heteroatoms. The van der Waals surface area contributed by atoms with Crippen molar-refractivity contribution < 1.29 is 14.4 Å². The molecule has 0 aromatic heterocycles. The van der Waals surface area contributed by atoms with Crippen molar-refractivity contribution in [1.29, 1.82) is 0 Å². The lowest BCUT2D eigenvalue weighted by atomic mass is 10.1. The minimum atomic E-state index is -0.197. The van der Waals surface area contributed by atoms with Crippen molar-refractivity contribution in [3.05, 3.63) is 0 Å². The van der Waals surface area contributed by atoms with E-state index in [0.717, 1.165) is 19.4 Å². The van der Waals surface area contributed by atoms with Crippen LogP contribution in [0.4, 0.5) is 0 Å². The number of carbonyl (C=O) groups is 3. The van der Waals surface area contributed by atoms with Gasteiger partial charge in [-0.2, -0.15) is 0 Å². The first-order valence-corrected chi connectivity index (χ1v) is 8.41. The van der Waals surface area contributed by atoms with Crippen LogP contribution in [0.2, 0.25) is 0 Å². The van der Waals surface area contributed by atoms with E-state index in [9.17, 15) is 14.4 Å². The number of hydrogen-bond acceptors (Lipinski definition) is 3. The second-order valence-electron chi connectivity index (χ2n) is 6.20. The Kier molecular flexibility index (Phi) is 5.80. The molecule has 3 amide bonds. The fourth-order valence-electron chi connectivity index (χ4n) is 3.23. The Balaban J connectivity index is 1.83. The van der Waals surface area contributed by atoms with E-state index in [1.807, 2.05) is 23.6 Å². The molecule has 0 saturated carbocycles. The number of amides is 3. The zero-order valence-electron chi connectivity index (χ0n) is 13.7. The van der Waals surface area contributed by atoms with Crippen molar-refractivity contribution in [2.75, 3.05) is 39.3 Å². The van der Waals surface area contributed by atoms with E-state index >= 15 is 0 Å². The highest BCUT2D eigenvalue weighted by Crippen LogP contribution is 2.21. The van der Waals surface area contributed by atoms with Crippen molar-refractivity contribution in [3.8, 4) is 0 Å². The summed E-state index contributed by atoms with van der Waals surface area (Å²) in [6, 6.07) is 0. The Labute approximate surface area is 132 Å². The normalized spacial score (nSPS) is 22.4. The van der Waals surface area contributed by atoms with Crippen LogP contribution in [0, 0.1) is 5.92 Å². The first-order chi connectivity index (χ1) is 10.6. The minimum absolute atomic E-state index is 0.0783. The van der Waals surface area contributed by atoms with Crippen LogP contribution in [0.1, 0.15) is 39.5 Å². The van der Waals surface area contributed by atoms with E-state index in [1.165, 1.54) is 0 Å². The highest BCUT2D eigenvalue weighted by Gasteiger charge is 2.37. The zero-order valence-corrected chi connectivity index (χ0v) is 13.7. The smallest absolute Gasteiger partial charge is 0.228 e. The van der Waals surface area contributed by atoms with Crippen molar-refractivity contribution >= 4 is 17.7 Å². The number of rotatable bonds is 5. The predicted molar refractivity (Wildman–Crippen MR) is 83.0 cm³/mol. The topological polar surface area (TPSA) is 60.9 Å². The maximum atomic E-state index is 12.5. The lowest BCUT2D eigenvalue weighted by molar-refractivity contribution is -0.142. The summed E-state index contributed by atoms with van der Waals surface area (Å²) in [6.45, 7) is 7.74. The first-order valence-electron chi connectivity index (χ1n) is 8.41. The summed E-state index contributed by atoms with van der Waals surface area (Å²) in [7, 11) is 0. The van der Waals surface area contributed by atoms with Crippen LogP contribution in [0.25, 0.3) is 0 Å². The average molecular weight is 309 g/mol. The molecule has 2 fully saturated rings. The molecule has 6 nitrogen and oxygen atoms in total. The lowest BCUT2D eigenvalue weighted by Gasteiger charge is -2.36. The average Bonchev–Trinajstić information content (AvgIpc) is 2.88. The quantitative estimate of drug-likeness (QED) is 0.752. The van der Waals surface area contributed by atoms with Crippen LogP contribution in [0.3, 0.4) is 0 Å². The fourth-order valence-corrected chi connectivity index (χ4v) is 3.23. The van der Waals surface area contributed by atoms with E-state index in [1.54, 1.807) is 4.90 Å². The zero-order chi connectivity index (χ0) is 16.1. The predicted octanol–water partition coefficient (Wildman–Crippen LogP) is 0.716. The third-order valence-corrected chi connectivity index (χ3v) is 4.47. The van der Waals surface area contributed by atoms with E-state index in [4.69, 9.17) is 0 Å². The van der Waals surface area contributed by atoms with E-state index in [-0.39, 0.29) is 23.6 Å². The van der Waals surface area contributed by atoms with Gasteiger partial charge in [-0.25, -0.2) is 0 Å². The second kappa shape index (κ2) is 7.61. The Morgan fingerprint density at radius 1 is 1.05 bits per heavy atom. The molecule has 0 radical (unpaired) electrons. The Bertz CT molecular complexity index is 430. The lowest BCUT2D eigenvalue weighted by Crippen LogP contribution is -2.52. The third-order valence-electron chi connectivity index (χ3n) is 4.47. The van der Waals surface area contributed by atoms with Crippen LogP contribution >= 0.6 is 0 Å². The summed E-state index contributed by atoms with van der Waals surface area (Å²) in [4.78, 5) is 41.7. The maximum Gasteiger partial charge on any atom is 0.228 e. The molecule has 2 rings (SSSR count). The van der Waals surface area contributed by atoms with Crippen LogP contribution in [-0.4, -0.2) is 71.7 Å². The van der Waals surface area contributed by atoms with E-state index < -0.39 is 0 Å². The summed E-state index contributed by atoms with van der Waals surface area (Å²) >= 11 is 0. The molecule has 1 atom stereocenters. The van der Waals surface area contributed by atoms with Gasteiger partial charge in [-0.1, -0.05) is 13.8 Å². The molecule has 1 unspecified atom stereocenters. The number of piperazine rings is 1. The van der Waals surface area contributed by atoms with Crippen LogP contribution in [0.5, 0.6) is 0 Å². The van der Waals surface area contributed by atoms with Gasteiger partial charge in [-0.05, 0) is 12.8 Å². The molecule has 2 saturated heterocycles. The Morgan fingerprint density at radius 2 is 1.68 bits per heavy atom. The van der Waals surface area contributed by atoms with Gasteiger partial charge in [0, 0.05) is 52.1 Å². The molecule has 0 N–H and O–H groups in total. The maximum absolute atomic E-state index is 12.5. The number of likely N-dealkylation sites (tertiary alicyclic amines) is 1. The van der Waals surface area contributed by atoms with Gasteiger partial charge in [0.05, 0.1) is 5.92 Å². The van der Waals surface area contributed by atoms with Gasteiger partial charge in [0.25, 0.3) is 0 Å². The van der Waals surface area contributed by atoms with Crippen LogP contribution in [-0.2, 0) is 14.4 Å². The molecule has 0 aliphatic carbocycles. The molecule has 0 aromatic rings. The monoisotopic (exact) mass is 309 g/mol. The number of nitrogens with zero attached hydrogens (tertiary/aromatic N) is 3. The molecule has 2 aliphatic heterocycles. The molecule has 2 aliphatic rings.